The van der Waals surface area contributed by atoms with Crippen molar-refractivity contribution in [3.05, 3.63) is 89.5 Å². The van der Waals surface area contributed by atoms with Crippen LogP contribution in [0.1, 0.15) is 23.6 Å². The van der Waals surface area contributed by atoms with Crippen molar-refractivity contribution in [3.63, 3.8) is 0 Å². The van der Waals surface area contributed by atoms with Crippen LogP contribution in [0.5, 0.6) is 0 Å². The lowest BCUT2D eigenvalue weighted by atomic mass is 10.0. The number of carbonyl (C=O) groups is 1. The van der Waals surface area contributed by atoms with Gasteiger partial charge in [-0.3, -0.25) is 4.79 Å². The first-order valence-corrected chi connectivity index (χ1v) is 8.98. The molecule has 1 aliphatic heterocycles. The lowest BCUT2D eigenvalue weighted by Crippen LogP contribution is -2.36. The van der Waals surface area contributed by atoms with E-state index in [1.54, 1.807) is 4.90 Å². The van der Waals surface area contributed by atoms with Crippen molar-refractivity contribution >= 4 is 11.5 Å². The van der Waals surface area contributed by atoms with Gasteiger partial charge in [-0.25, -0.2) is 8.78 Å². The van der Waals surface area contributed by atoms with Crippen molar-refractivity contribution in [1.29, 1.82) is 0 Å². The minimum atomic E-state index is -0.502. The van der Waals surface area contributed by atoms with Gasteiger partial charge in [0, 0.05) is 18.2 Å². The Labute approximate surface area is 156 Å². The second-order valence-corrected chi connectivity index (χ2v) is 7.03. The normalized spacial score (nSPS) is 24.3. The average molecular weight is 366 g/mol. The maximum Gasteiger partial charge on any atom is 0.230 e. The molecule has 2 N–H and O–H groups in total. The Morgan fingerprint density at radius 3 is 2.56 bits per heavy atom. The molecule has 0 aromatic heterocycles. The Hall–Kier alpha value is -2.79. The first-order chi connectivity index (χ1) is 13.0. The third-order valence-electron chi connectivity index (χ3n) is 5.17. The highest BCUT2D eigenvalue weighted by Crippen LogP contribution is 2.37. The van der Waals surface area contributed by atoms with Gasteiger partial charge in [0.1, 0.15) is 11.6 Å². The van der Waals surface area contributed by atoms with E-state index in [1.807, 2.05) is 48.6 Å². The fourth-order valence-corrected chi connectivity index (χ4v) is 3.80. The Morgan fingerprint density at radius 2 is 1.85 bits per heavy atom. The molecule has 2 aromatic carbocycles. The van der Waals surface area contributed by atoms with Gasteiger partial charge in [-0.2, -0.15) is 0 Å². The molecule has 1 heterocycles. The van der Waals surface area contributed by atoms with Crippen LogP contribution in [0.25, 0.3) is 5.57 Å². The minimum Gasteiger partial charge on any atom is -0.327 e. The van der Waals surface area contributed by atoms with Gasteiger partial charge in [0.15, 0.2) is 0 Å². The molecule has 2 aliphatic rings. The standard InChI is InChI=1S/C22H20F2N2O/c23-17-7-9-20(24)19(12-17)16-11-21(14-4-2-1-3-5-14)26(13-16)22(27)15-6-8-18(25)10-15/h1-9,11-12,15,18,21H,10,13,25H2/t15-,18-,21?/m1/s1. The zero-order valence-corrected chi connectivity index (χ0v) is 14.7. The molecular formula is C22H20F2N2O. The fourth-order valence-electron chi connectivity index (χ4n) is 3.80. The summed E-state index contributed by atoms with van der Waals surface area (Å²) in [6.45, 7) is 0.234. The Bertz CT molecular complexity index is 923. The van der Waals surface area contributed by atoms with E-state index < -0.39 is 11.6 Å². The second-order valence-electron chi connectivity index (χ2n) is 7.03. The van der Waals surface area contributed by atoms with Crippen molar-refractivity contribution < 1.29 is 13.6 Å². The molecule has 1 unspecified atom stereocenters. The smallest absolute Gasteiger partial charge is 0.230 e. The molecule has 3 nitrogen and oxygen atoms in total. The predicted molar refractivity (Wildman–Crippen MR) is 100 cm³/mol. The van der Waals surface area contributed by atoms with E-state index >= 15 is 0 Å². The Morgan fingerprint density at radius 1 is 1.07 bits per heavy atom. The first kappa shape index (κ1) is 17.6. The fraction of sp³-hybridized carbons (Fsp3) is 0.227. The molecule has 4 rings (SSSR count). The summed E-state index contributed by atoms with van der Waals surface area (Å²) in [6.07, 6.45) is 6.11. The summed E-state index contributed by atoms with van der Waals surface area (Å²) in [4.78, 5) is 14.8. The van der Waals surface area contributed by atoms with Crippen LogP contribution in [0.4, 0.5) is 8.78 Å². The quantitative estimate of drug-likeness (QED) is 0.839. The molecule has 1 amide bonds. The summed E-state index contributed by atoms with van der Waals surface area (Å²) >= 11 is 0. The van der Waals surface area contributed by atoms with Gasteiger partial charge in [-0.05, 0) is 35.8 Å². The SMILES string of the molecule is N[C@@H]1C=C[C@@H](C(=O)N2CC(c3cc(F)ccc3F)=CC2c2ccccc2)C1. The summed E-state index contributed by atoms with van der Waals surface area (Å²) in [7, 11) is 0. The van der Waals surface area contributed by atoms with E-state index in [0.717, 1.165) is 17.7 Å². The molecule has 5 heteroatoms. The molecule has 0 fully saturated rings. The van der Waals surface area contributed by atoms with Gasteiger partial charge in [-0.1, -0.05) is 48.6 Å². The number of amides is 1. The van der Waals surface area contributed by atoms with Crippen LogP contribution in [0.2, 0.25) is 0 Å². The predicted octanol–water partition coefficient (Wildman–Crippen LogP) is 3.84. The van der Waals surface area contributed by atoms with Gasteiger partial charge in [-0.15, -0.1) is 0 Å². The number of rotatable bonds is 3. The highest BCUT2D eigenvalue weighted by molar-refractivity contribution is 5.86. The van der Waals surface area contributed by atoms with Crippen molar-refractivity contribution in [2.75, 3.05) is 6.54 Å². The van der Waals surface area contributed by atoms with Crippen LogP contribution in [0, 0.1) is 17.6 Å². The Balaban J connectivity index is 1.70. The monoisotopic (exact) mass is 366 g/mol. The minimum absolute atomic E-state index is 0.0453. The lowest BCUT2D eigenvalue weighted by Gasteiger charge is -2.27. The van der Waals surface area contributed by atoms with Gasteiger partial charge < -0.3 is 10.6 Å². The molecule has 0 spiro atoms. The number of nitrogens with zero attached hydrogens (tertiary/aromatic N) is 1. The first-order valence-electron chi connectivity index (χ1n) is 8.98. The van der Waals surface area contributed by atoms with Crippen LogP contribution >= 0.6 is 0 Å². The van der Waals surface area contributed by atoms with Crippen LogP contribution < -0.4 is 5.73 Å². The number of benzene rings is 2. The Kier molecular flexibility index (Phi) is 4.62. The number of halogens is 2. The molecule has 3 atom stereocenters. The van der Waals surface area contributed by atoms with E-state index in [0.29, 0.717) is 12.0 Å². The van der Waals surface area contributed by atoms with Crippen LogP contribution in [0.3, 0.4) is 0 Å². The lowest BCUT2D eigenvalue weighted by molar-refractivity contribution is -0.134. The van der Waals surface area contributed by atoms with E-state index in [-0.39, 0.29) is 36.0 Å². The highest BCUT2D eigenvalue weighted by Gasteiger charge is 2.35. The van der Waals surface area contributed by atoms with Gasteiger partial charge in [0.25, 0.3) is 0 Å². The summed E-state index contributed by atoms with van der Waals surface area (Å²) in [6, 6.07) is 12.5. The third kappa shape index (κ3) is 3.43. The van der Waals surface area contributed by atoms with Gasteiger partial charge in [0.05, 0.1) is 12.0 Å². The third-order valence-corrected chi connectivity index (χ3v) is 5.17. The number of carbonyl (C=O) groups excluding carboxylic acids is 1. The van der Waals surface area contributed by atoms with Crippen molar-refractivity contribution in [1.82, 2.24) is 4.90 Å². The second kappa shape index (κ2) is 7.08. The van der Waals surface area contributed by atoms with Crippen LogP contribution in [0.15, 0.2) is 66.8 Å². The molecule has 1 aliphatic carbocycles. The number of hydrogen-bond acceptors (Lipinski definition) is 2. The largest absolute Gasteiger partial charge is 0.327 e. The topological polar surface area (TPSA) is 46.3 Å². The molecule has 27 heavy (non-hydrogen) atoms. The van der Waals surface area contributed by atoms with Crippen molar-refractivity contribution in [3.8, 4) is 0 Å². The summed E-state index contributed by atoms with van der Waals surface area (Å²) in [5.74, 6) is -1.32. The summed E-state index contributed by atoms with van der Waals surface area (Å²) < 4.78 is 28.0. The van der Waals surface area contributed by atoms with Gasteiger partial charge >= 0.3 is 0 Å². The summed E-state index contributed by atoms with van der Waals surface area (Å²) in [5.41, 5.74) is 7.65. The van der Waals surface area contributed by atoms with Crippen LogP contribution in [-0.4, -0.2) is 23.4 Å². The van der Waals surface area contributed by atoms with E-state index in [9.17, 15) is 13.6 Å². The molecule has 0 radical (unpaired) electrons. The molecule has 0 bridgehead atoms. The van der Waals surface area contributed by atoms with Gasteiger partial charge in [0.2, 0.25) is 5.91 Å². The maximum absolute atomic E-state index is 14.3. The van der Waals surface area contributed by atoms with E-state index in [2.05, 4.69) is 0 Å². The molecule has 138 valence electrons. The summed E-state index contributed by atoms with van der Waals surface area (Å²) in [5, 5.41) is 0. The van der Waals surface area contributed by atoms with E-state index in [1.165, 1.54) is 6.07 Å². The van der Waals surface area contributed by atoms with Crippen molar-refractivity contribution in [2.24, 2.45) is 11.7 Å². The zero-order valence-electron chi connectivity index (χ0n) is 14.7. The molecule has 0 saturated heterocycles. The molecule has 2 aromatic rings. The highest BCUT2D eigenvalue weighted by atomic mass is 19.1. The zero-order chi connectivity index (χ0) is 19.0. The number of hydrogen-bond donors (Lipinski definition) is 1. The van der Waals surface area contributed by atoms with Crippen LogP contribution in [-0.2, 0) is 4.79 Å². The molecular weight excluding hydrogens is 346 g/mol. The maximum atomic E-state index is 14.3. The number of nitrogens with two attached hydrogens (primary N) is 1. The van der Waals surface area contributed by atoms with E-state index in [4.69, 9.17) is 5.73 Å². The average Bonchev–Trinajstić information content (AvgIpc) is 3.30. The molecule has 0 saturated carbocycles. The van der Waals surface area contributed by atoms with Crippen molar-refractivity contribution in [2.45, 2.75) is 18.5 Å².